The number of hydrogen-bond acceptors (Lipinski definition) is 5. The number of rotatable bonds is 3. The SMILES string of the molecule is CC(NC1CCCS(=O)(=O)C1)c1nc2ccccc2s1. The van der Waals surface area contributed by atoms with Crippen LogP contribution in [0.15, 0.2) is 24.3 Å². The third-order valence-corrected chi connectivity index (χ3v) is 6.67. The average molecular weight is 310 g/mol. The molecule has 0 radical (unpaired) electrons. The van der Waals surface area contributed by atoms with Crippen molar-refractivity contribution in [2.75, 3.05) is 11.5 Å². The van der Waals surface area contributed by atoms with Crippen molar-refractivity contribution in [3.63, 3.8) is 0 Å². The quantitative estimate of drug-likeness (QED) is 0.946. The molecule has 2 aromatic rings. The van der Waals surface area contributed by atoms with E-state index in [-0.39, 0.29) is 17.8 Å². The van der Waals surface area contributed by atoms with E-state index in [1.54, 1.807) is 11.3 Å². The number of benzene rings is 1. The molecule has 4 nitrogen and oxygen atoms in total. The monoisotopic (exact) mass is 310 g/mol. The number of para-hydroxylation sites is 1. The standard InChI is InChI=1S/C14H18N2O2S2/c1-10(15-11-5-4-8-20(17,18)9-11)14-16-12-6-2-3-7-13(12)19-14/h2-3,6-7,10-11,15H,4-5,8-9H2,1H3. The van der Waals surface area contributed by atoms with Gasteiger partial charge in [-0.3, -0.25) is 0 Å². The van der Waals surface area contributed by atoms with E-state index in [0.717, 1.165) is 23.4 Å². The van der Waals surface area contributed by atoms with E-state index in [0.29, 0.717) is 5.75 Å². The maximum atomic E-state index is 11.7. The Bertz CT molecular complexity index is 676. The van der Waals surface area contributed by atoms with Gasteiger partial charge >= 0.3 is 0 Å². The Morgan fingerprint density at radius 1 is 1.40 bits per heavy atom. The average Bonchev–Trinajstić information content (AvgIpc) is 2.81. The van der Waals surface area contributed by atoms with E-state index in [2.05, 4.69) is 23.3 Å². The molecule has 1 aliphatic heterocycles. The van der Waals surface area contributed by atoms with Crippen LogP contribution in [0.4, 0.5) is 0 Å². The Morgan fingerprint density at radius 3 is 2.95 bits per heavy atom. The number of aromatic nitrogens is 1. The molecule has 0 spiro atoms. The van der Waals surface area contributed by atoms with Gasteiger partial charge in [0, 0.05) is 6.04 Å². The van der Waals surface area contributed by atoms with Crippen LogP contribution in [-0.2, 0) is 9.84 Å². The van der Waals surface area contributed by atoms with Crippen molar-refractivity contribution in [1.82, 2.24) is 10.3 Å². The minimum absolute atomic E-state index is 0.0516. The fraction of sp³-hybridized carbons (Fsp3) is 0.500. The fourth-order valence-electron chi connectivity index (χ4n) is 2.65. The molecular formula is C14H18N2O2S2. The van der Waals surface area contributed by atoms with Crippen molar-refractivity contribution in [2.45, 2.75) is 31.8 Å². The molecule has 3 rings (SSSR count). The highest BCUT2D eigenvalue weighted by atomic mass is 32.2. The molecule has 6 heteroatoms. The highest BCUT2D eigenvalue weighted by Gasteiger charge is 2.26. The molecule has 0 bridgehead atoms. The third-order valence-electron chi connectivity index (χ3n) is 3.63. The largest absolute Gasteiger partial charge is 0.304 e. The molecular weight excluding hydrogens is 292 g/mol. The molecule has 1 fully saturated rings. The van der Waals surface area contributed by atoms with Crippen molar-refractivity contribution in [3.8, 4) is 0 Å². The number of hydrogen-bond donors (Lipinski definition) is 1. The van der Waals surface area contributed by atoms with Gasteiger partial charge in [-0.2, -0.15) is 0 Å². The predicted octanol–water partition coefficient (Wildman–Crippen LogP) is 2.52. The summed E-state index contributed by atoms with van der Waals surface area (Å²) in [6.45, 7) is 2.05. The molecule has 2 heterocycles. The molecule has 0 saturated carbocycles. The Balaban J connectivity index is 1.74. The molecule has 1 saturated heterocycles. The lowest BCUT2D eigenvalue weighted by atomic mass is 10.1. The van der Waals surface area contributed by atoms with Gasteiger partial charge in [0.05, 0.1) is 27.8 Å². The lowest BCUT2D eigenvalue weighted by Crippen LogP contribution is -2.41. The van der Waals surface area contributed by atoms with Crippen LogP contribution < -0.4 is 5.32 Å². The molecule has 2 unspecified atom stereocenters. The van der Waals surface area contributed by atoms with E-state index >= 15 is 0 Å². The van der Waals surface area contributed by atoms with Crippen LogP contribution in [0.2, 0.25) is 0 Å². The van der Waals surface area contributed by atoms with E-state index in [9.17, 15) is 8.42 Å². The third kappa shape index (κ3) is 3.02. The number of thiazole rings is 1. The molecule has 0 amide bonds. The molecule has 1 aromatic carbocycles. The zero-order valence-electron chi connectivity index (χ0n) is 11.4. The molecule has 1 aromatic heterocycles. The maximum Gasteiger partial charge on any atom is 0.151 e. The second-order valence-electron chi connectivity index (χ2n) is 5.36. The minimum Gasteiger partial charge on any atom is -0.304 e. The van der Waals surface area contributed by atoms with Crippen molar-refractivity contribution in [1.29, 1.82) is 0 Å². The van der Waals surface area contributed by atoms with Gasteiger partial charge < -0.3 is 5.32 Å². The van der Waals surface area contributed by atoms with Gasteiger partial charge in [-0.1, -0.05) is 12.1 Å². The van der Waals surface area contributed by atoms with Crippen molar-refractivity contribution in [3.05, 3.63) is 29.3 Å². The first-order chi connectivity index (χ1) is 9.53. The predicted molar refractivity (Wildman–Crippen MR) is 82.8 cm³/mol. The van der Waals surface area contributed by atoms with Crippen LogP contribution in [0.3, 0.4) is 0 Å². The minimum atomic E-state index is -2.86. The Kier molecular flexibility index (Phi) is 3.79. The van der Waals surface area contributed by atoms with E-state index in [4.69, 9.17) is 0 Å². The van der Waals surface area contributed by atoms with E-state index in [1.165, 1.54) is 4.70 Å². The Morgan fingerprint density at radius 2 is 2.20 bits per heavy atom. The van der Waals surface area contributed by atoms with Crippen molar-refractivity contribution in [2.24, 2.45) is 0 Å². The summed E-state index contributed by atoms with van der Waals surface area (Å²) in [5, 5.41) is 4.44. The normalized spacial score (nSPS) is 23.8. The topological polar surface area (TPSA) is 59.1 Å². The summed E-state index contributed by atoms with van der Waals surface area (Å²) in [6, 6.07) is 8.20. The van der Waals surface area contributed by atoms with Crippen LogP contribution in [0, 0.1) is 0 Å². The van der Waals surface area contributed by atoms with E-state index < -0.39 is 9.84 Å². The zero-order chi connectivity index (χ0) is 14.2. The smallest absolute Gasteiger partial charge is 0.151 e. The number of nitrogens with one attached hydrogen (secondary N) is 1. The first-order valence-corrected chi connectivity index (χ1v) is 9.49. The molecule has 1 N–H and O–H groups in total. The summed E-state index contributed by atoms with van der Waals surface area (Å²) in [7, 11) is -2.86. The van der Waals surface area contributed by atoms with Gasteiger partial charge in [0.25, 0.3) is 0 Å². The second kappa shape index (κ2) is 5.42. The molecule has 20 heavy (non-hydrogen) atoms. The maximum absolute atomic E-state index is 11.7. The fourth-order valence-corrected chi connectivity index (χ4v) is 5.28. The van der Waals surface area contributed by atoms with Crippen LogP contribution in [-0.4, -0.2) is 30.9 Å². The summed E-state index contributed by atoms with van der Waals surface area (Å²) in [4.78, 5) is 4.62. The van der Waals surface area contributed by atoms with Crippen LogP contribution in [0.25, 0.3) is 10.2 Å². The summed E-state index contributed by atoms with van der Waals surface area (Å²) in [5.74, 6) is 0.586. The summed E-state index contributed by atoms with van der Waals surface area (Å²) in [5.41, 5.74) is 1.01. The molecule has 1 aliphatic rings. The van der Waals surface area contributed by atoms with Gasteiger partial charge in [0.1, 0.15) is 5.01 Å². The summed E-state index contributed by atoms with van der Waals surface area (Å²) >= 11 is 1.67. The molecule has 2 atom stereocenters. The molecule has 0 aliphatic carbocycles. The van der Waals surface area contributed by atoms with Gasteiger partial charge in [-0.25, -0.2) is 13.4 Å². The number of fused-ring (bicyclic) bond motifs is 1. The van der Waals surface area contributed by atoms with Gasteiger partial charge in [-0.05, 0) is 31.9 Å². The van der Waals surface area contributed by atoms with Crippen LogP contribution in [0.5, 0.6) is 0 Å². The van der Waals surface area contributed by atoms with Gasteiger partial charge in [0.2, 0.25) is 0 Å². The van der Waals surface area contributed by atoms with Crippen LogP contribution in [0.1, 0.15) is 30.8 Å². The van der Waals surface area contributed by atoms with Crippen molar-refractivity contribution < 1.29 is 8.42 Å². The summed E-state index contributed by atoms with van der Waals surface area (Å²) < 4.78 is 24.5. The van der Waals surface area contributed by atoms with Gasteiger partial charge in [0.15, 0.2) is 9.84 Å². The second-order valence-corrected chi connectivity index (χ2v) is 8.65. The number of nitrogens with zero attached hydrogens (tertiary/aromatic N) is 1. The van der Waals surface area contributed by atoms with E-state index in [1.807, 2.05) is 18.2 Å². The zero-order valence-corrected chi connectivity index (χ0v) is 13.0. The highest BCUT2D eigenvalue weighted by molar-refractivity contribution is 7.91. The first-order valence-electron chi connectivity index (χ1n) is 6.85. The Hall–Kier alpha value is -0.980. The molecule has 108 valence electrons. The van der Waals surface area contributed by atoms with Gasteiger partial charge in [-0.15, -0.1) is 11.3 Å². The lowest BCUT2D eigenvalue weighted by molar-refractivity contribution is 0.437. The summed E-state index contributed by atoms with van der Waals surface area (Å²) in [6.07, 6.45) is 1.68. The highest BCUT2D eigenvalue weighted by Crippen LogP contribution is 2.27. The van der Waals surface area contributed by atoms with Crippen LogP contribution >= 0.6 is 11.3 Å². The first kappa shape index (κ1) is 14.0. The Labute approximate surface area is 123 Å². The number of sulfone groups is 1. The lowest BCUT2D eigenvalue weighted by Gasteiger charge is -2.25. The van der Waals surface area contributed by atoms with Crippen molar-refractivity contribution >= 4 is 31.4 Å².